The van der Waals surface area contributed by atoms with Gasteiger partial charge in [-0.25, -0.2) is 0 Å². The summed E-state index contributed by atoms with van der Waals surface area (Å²) in [5.41, 5.74) is -1.50. The second-order valence-corrected chi connectivity index (χ2v) is 6.33. The van der Waals surface area contributed by atoms with Gasteiger partial charge in [-0.15, -0.1) is 0 Å². The van der Waals surface area contributed by atoms with Gasteiger partial charge >= 0.3 is 6.18 Å². The zero-order valence-electron chi connectivity index (χ0n) is 14.2. The quantitative estimate of drug-likeness (QED) is 0.659. The number of benzene rings is 1. The highest BCUT2D eigenvalue weighted by molar-refractivity contribution is 9.10. The molecule has 146 valence electrons. The van der Waals surface area contributed by atoms with E-state index in [1.165, 1.54) is 25.4 Å². The number of nitrogens with one attached hydrogen (secondary N) is 1. The fourth-order valence-corrected chi connectivity index (χ4v) is 2.51. The first kappa shape index (κ1) is 21.0. The van der Waals surface area contributed by atoms with Gasteiger partial charge in [0.1, 0.15) is 18.9 Å². The highest BCUT2D eigenvalue weighted by Gasteiger charge is 2.31. The van der Waals surface area contributed by atoms with Crippen LogP contribution < -0.4 is 15.6 Å². The molecule has 0 saturated carbocycles. The van der Waals surface area contributed by atoms with Crippen LogP contribution in [0.4, 0.5) is 18.9 Å². The second kappa shape index (κ2) is 9.05. The van der Waals surface area contributed by atoms with Crippen molar-refractivity contribution in [2.24, 2.45) is 0 Å². The van der Waals surface area contributed by atoms with E-state index in [2.05, 4.69) is 21.2 Å². The van der Waals surface area contributed by atoms with Crippen LogP contribution in [0, 0.1) is 0 Å². The van der Waals surface area contributed by atoms with E-state index in [0.29, 0.717) is 4.47 Å². The summed E-state index contributed by atoms with van der Waals surface area (Å²) in [6, 6.07) is 5.55. The lowest BCUT2D eigenvalue weighted by atomic mass is 10.1. The number of pyridine rings is 1. The summed E-state index contributed by atoms with van der Waals surface area (Å²) >= 11 is 3.18. The number of rotatable bonds is 7. The fraction of sp³-hybridized carbons (Fsp3) is 0.294. The van der Waals surface area contributed by atoms with Gasteiger partial charge in [0.05, 0.1) is 17.9 Å². The van der Waals surface area contributed by atoms with Crippen LogP contribution >= 0.6 is 15.9 Å². The Kier molecular flexibility index (Phi) is 7.03. The predicted molar refractivity (Wildman–Crippen MR) is 95.8 cm³/mol. The van der Waals surface area contributed by atoms with E-state index in [-0.39, 0.29) is 31.2 Å². The van der Waals surface area contributed by atoms with Crippen molar-refractivity contribution in [3.63, 3.8) is 0 Å². The van der Waals surface area contributed by atoms with Crippen molar-refractivity contribution in [3.8, 4) is 5.75 Å². The highest BCUT2D eigenvalue weighted by atomic mass is 79.9. The largest absolute Gasteiger partial charge is 0.489 e. The summed E-state index contributed by atoms with van der Waals surface area (Å²) in [7, 11) is 1.45. The van der Waals surface area contributed by atoms with Crippen LogP contribution in [0.25, 0.3) is 0 Å². The number of aromatic nitrogens is 1. The zero-order valence-corrected chi connectivity index (χ0v) is 15.8. The fourth-order valence-electron chi connectivity index (χ4n) is 2.13. The number of halogens is 4. The number of anilines is 1. The predicted octanol–water partition coefficient (Wildman–Crippen LogP) is 3.29. The molecule has 0 aliphatic heterocycles. The van der Waals surface area contributed by atoms with Crippen LogP contribution in [0.2, 0.25) is 0 Å². The van der Waals surface area contributed by atoms with Crippen molar-refractivity contribution in [1.29, 1.82) is 0 Å². The number of alkyl halides is 3. The molecule has 2 aromatic rings. The highest BCUT2D eigenvalue weighted by Crippen LogP contribution is 2.35. The van der Waals surface area contributed by atoms with Gasteiger partial charge in [-0.1, -0.05) is 0 Å². The number of carbonyl (C=O) groups excluding carboxylic acids is 1. The number of hydrogen-bond acceptors (Lipinski definition) is 4. The summed E-state index contributed by atoms with van der Waals surface area (Å²) < 4.78 is 50.8. The maximum absolute atomic E-state index is 13.0. The Balaban J connectivity index is 2.24. The van der Waals surface area contributed by atoms with Crippen molar-refractivity contribution in [1.82, 2.24) is 4.57 Å². The van der Waals surface area contributed by atoms with Crippen molar-refractivity contribution < 1.29 is 27.4 Å². The number of ether oxygens (including phenoxy) is 2. The maximum Gasteiger partial charge on any atom is 0.416 e. The number of hydrogen-bond donors (Lipinski definition) is 1. The minimum atomic E-state index is -4.58. The first-order valence-corrected chi connectivity index (χ1v) is 8.49. The van der Waals surface area contributed by atoms with Gasteiger partial charge in [-0.3, -0.25) is 9.59 Å². The summed E-state index contributed by atoms with van der Waals surface area (Å²) in [4.78, 5) is 24.0. The molecule has 0 unspecified atom stereocenters. The molecule has 1 N–H and O–H groups in total. The van der Waals surface area contributed by atoms with E-state index < -0.39 is 23.2 Å². The van der Waals surface area contributed by atoms with E-state index in [1.54, 1.807) is 0 Å². The van der Waals surface area contributed by atoms with Crippen LogP contribution in [0.5, 0.6) is 5.75 Å². The number of nitrogens with zero attached hydrogens (tertiary/aromatic N) is 1. The van der Waals surface area contributed by atoms with Crippen molar-refractivity contribution in [3.05, 3.63) is 56.9 Å². The molecule has 27 heavy (non-hydrogen) atoms. The van der Waals surface area contributed by atoms with Crippen LogP contribution in [-0.4, -0.2) is 30.8 Å². The molecule has 10 heteroatoms. The Labute approximate surface area is 161 Å². The Bertz CT molecular complexity index is 868. The molecule has 0 aliphatic carbocycles. The van der Waals surface area contributed by atoms with Gasteiger partial charge < -0.3 is 19.4 Å². The third-order valence-electron chi connectivity index (χ3n) is 3.39. The normalized spacial score (nSPS) is 11.3. The maximum atomic E-state index is 13.0. The smallest absolute Gasteiger partial charge is 0.416 e. The zero-order chi connectivity index (χ0) is 20.0. The molecular formula is C17H16BrF3N2O4. The van der Waals surface area contributed by atoms with E-state index >= 15 is 0 Å². The molecule has 0 spiro atoms. The summed E-state index contributed by atoms with van der Waals surface area (Å²) in [5.74, 6) is -0.610. The lowest BCUT2D eigenvalue weighted by molar-refractivity contribution is -0.137. The summed E-state index contributed by atoms with van der Waals surface area (Å²) in [6.45, 7) is -0.0519. The van der Waals surface area contributed by atoms with Crippen LogP contribution in [0.3, 0.4) is 0 Å². The first-order chi connectivity index (χ1) is 12.7. The third-order valence-corrected chi connectivity index (χ3v) is 3.86. The molecule has 0 radical (unpaired) electrons. The van der Waals surface area contributed by atoms with Gasteiger partial charge in [-0.2, -0.15) is 13.2 Å². The van der Waals surface area contributed by atoms with Crippen molar-refractivity contribution in [2.75, 3.05) is 25.6 Å². The number of carbonyl (C=O) groups is 1. The van der Waals surface area contributed by atoms with E-state index in [4.69, 9.17) is 9.47 Å². The Hall–Kier alpha value is -2.33. The van der Waals surface area contributed by atoms with E-state index in [9.17, 15) is 22.8 Å². The Morgan fingerprint density at radius 1 is 1.22 bits per heavy atom. The monoisotopic (exact) mass is 448 g/mol. The number of methoxy groups -OCH3 is 1. The topological polar surface area (TPSA) is 69.6 Å². The van der Waals surface area contributed by atoms with Gasteiger partial charge in [0.25, 0.3) is 5.56 Å². The molecule has 1 amide bonds. The molecule has 2 rings (SSSR count). The average Bonchev–Trinajstić information content (AvgIpc) is 2.58. The van der Waals surface area contributed by atoms with Gasteiger partial charge in [0.2, 0.25) is 5.91 Å². The standard InChI is InChI=1S/C17H16BrF3N2O4/c1-26-6-7-27-14-4-2-11(17(19,20)21)8-13(14)22-15(24)10-23-9-12(18)3-5-16(23)25/h2-5,8-9H,6-7,10H2,1H3,(H,22,24). The molecule has 0 saturated heterocycles. The third kappa shape index (κ3) is 6.10. The Morgan fingerprint density at radius 3 is 2.63 bits per heavy atom. The molecule has 0 aliphatic rings. The molecular weight excluding hydrogens is 433 g/mol. The molecule has 0 bridgehead atoms. The van der Waals surface area contributed by atoms with Crippen molar-refractivity contribution >= 4 is 27.5 Å². The summed E-state index contributed by atoms with van der Waals surface area (Å²) in [5, 5.41) is 2.37. The summed E-state index contributed by atoms with van der Waals surface area (Å²) in [6.07, 6.45) is -3.17. The lowest BCUT2D eigenvalue weighted by Crippen LogP contribution is -2.27. The molecule has 1 aromatic heterocycles. The second-order valence-electron chi connectivity index (χ2n) is 5.41. The molecule has 0 atom stereocenters. The minimum Gasteiger partial charge on any atom is -0.489 e. The van der Waals surface area contributed by atoms with Crippen molar-refractivity contribution in [2.45, 2.75) is 12.7 Å². The Morgan fingerprint density at radius 2 is 1.96 bits per heavy atom. The molecule has 0 fully saturated rings. The number of amides is 1. The minimum absolute atomic E-state index is 0.0648. The lowest BCUT2D eigenvalue weighted by Gasteiger charge is -2.15. The molecule has 6 nitrogen and oxygen atoms in total. The SMILES string of the molecule is COCCOc1ccc(C(F)(F)F)cc1NC(=O)Cn1cc(Br)ccc1=O. The van der Waals surface area contributed by atoms with Crippen LogP contribution in [-0.2, 0) is 22.3 Å². The molecule has 1 heterocycles. The average molecular weight is 449 g/mol. The van der Waals surface area contributed by atoms with Gasteiger partial charge in [0.15, 0.2) is 0 Å². The van der Waals surface area contributed by atoms with Gasteiger partial charge in [-0.05, 0) is 40.2 Å². The van der Waals surface area contributed by atoms with Gasteiger partial charge in [0, 0.05) is 23.8 Å². The molecule has 1 aromatic carbocycles. The van der Waals surface area contributed by atoms with E-state index in [1.807, 2.05) is 0 Å². The first-order valence-electron chi connectivity index (χ1n) is 7.69. The van der Waals surface area contributed by atoms with Crippen LogP contribution in [0.1, 0.15) is 5.56 Å². The van der Waals surface area contributed by atoms with E-state index in [0.717, 1.165) is 22.8 Å². The van der Waals surface area contributed by atoms with Crippen LogP contribution in [0.15, 0.2) is 45.8 Å².